The molecule has 0 aliphatic rings. The first-order chi connectivity index (χ1) is 8.71. The molecule has 0 unspecified atom stereocenters. The molecule has 1 atom stereocenters. The lowest BCUT2D eigenvalue weighted by Gasteiger charge is -2.26. The molecule has 0 aromatic carbocycles. The van der Waals surface area contributed by atoms with E-state index in [-0.39, 0.29) is 23.9 Å². The number of carbonyl (C=O) groups is 2. The maximum Gasteiger partial charge on any atom is 0.251 e. The molecule has 0 aliphatic heterocycles. The minimum atomic E-state index is -0.569. The van der Waals surface area contributed by atoms with Gasteiger partial charge in [0.15, 0.2) is 0 Å². The zero-order valence-corrected chi connectivity index (χ0v) is 12.7. The second-order valence-corrected chi connectivity index (χ2v) is 5.41. The minimum Gasteiger partial charge on any atom is -0.365 e. The van der Waals surface area contributed by atoms with Crippen molar-refractivity contribution in [3.8, 4) is 0 Å². The predicted molar refractivity (Wildman–Crippen MR) is 75.8 cm³/mol. The third-order valence-corrected chi connectivity index (χ3v) is 2.35. The van der Waals surface area contributed by atoms with Crippen LogP contribution in [0.3, 0.4) is 0 Å². The zero-order valence-electron chi connectivity index (χ0n) is 12.7. The quantitative estimate of drug-likeness (QED) is 0.710. The van der Waals surface area contributed by atoms with E-state index in [0.717, 1.165) is 0 Å². The Morgan fingerprint density at radius 2 is 2.00 bits per heavy atom. The second kappa shape index (κ2) is 7.94. The molecule has 0 aliphatic carbocycles. The molecule has 0 bridgehead atoms. The molecule has 0 radical (unpaired) electrons. The highest BCUT2D eigenvalue weighted by atomic mass is 16.5. The Morgan fingerprint density at radius 1 is 1.42 bits per heavy atom. The fraction of sp³-hybridized carbons (Fsp3) is 0.714. The minimum absolute atomic E-state index is 0.0500. The number of carbonyl (C=O) groups excluding carboxylic acids is 2. The summed E-state index contributed by atoms with van der Waals surface area (Å²) in [6.07, 6.45) is 1.02. The summed E-state index contributed by atoms with van der Waals surface area (Å²) in [6, 6.07) is 0. The molecule has 110 valence electrons. The van der Waals surface area contributed by atoms with Gasteiger partial charge >= 0.3 is 0 Å². The molecule has 0 spiro atoms. The molecule has 0 aromatic rings. The molecule has 1 N–H and O–H groups in total. The van der Waals surface area contributed by atoms with Crippen molar-refractivity contribution in [3.63, 3.8) is 0 Å². The van der Waals surface area contributed by atoms with Gasteiger partial charge in [-0.05, 0) is 34.6 Å². The van der Waals surface area contributed by atoms with Crippen molar-refractivity contribution in [1.82, 2.24) is 10.2 Å². The Morgan fingerprint density at radius 3 is 2.42 bits per heavy atom. The number of likely N-dealkylation sites (N-methyl/N-ethyl adjacent to an activating group) is 1. The summed E-state index contributed by atoms with van der Waals surface area (Å²) < 4.78 is 5.28. The Balaban J connectivity index is 4.44. The normalized spacial score (nSPS) is 12.7. The number of rotatable bonds is 7. The largest absolute Gasteiger partial charge is 0.365 e. The van der Waals surface area contributed by atoms with Crippen LogP contribution in [0.5, 0.6) is 0 Å². The van der Waals surface area contributed by atoms with E-state index in [1.165, 1.54) is 4.90 Å². The Hall–Kier alpha value is -1.36. The van der Waals surface area contributed by atoms with Gasteiger partial charge in [0.25, 0.3) is 5.91 Å². The smallest absolute Gasteiger partial charge is 0.251 e. The highest BCUT2D eigenvalue weighted by molar-refractivity contribution is 5.87. The van der Waals surface area contributed by atoms with Crippen LogP contribution in [0, 0.1) is 0 Å². The lowest BCUT2D eigenvalue weighted by Crippen LogP contribution is -2.49. The van der Waals surface area contributed by atoms with Crippen LogP contribution in [0.4, 0.5) is 0 Å². The van der Waals surface area contributed by atoms with Crippen LogP contribution >= 0.6 is 0 Å². The van der Waals surface area contributed by atoms with E-state index >= 15 is 0 Å². The highest BCUT2D eigenvalue weighted by Gasteiger charge is 2.23. The first-order valence-corrected chi connectivity index (χ1v) is 6.53. The van der Waals surface area contributed by atoms with Gasteiger partial charge in [-0.3, -0.25) is 9.59 Å². The first kappa shape index (κ1) is 17.6. The highest BCUT2D eigenvalue weighted by Crippen LogP contribution is 2.02. The molecule has 0 aromatic heterocycles. The monoisotopic (exact) mass is 270 g/mol. The topological polar surface area (TPSA) is 58.6 Å². The van der Waals surface area contributed by atoms with E-state index in [4.69, 9.17) is 4.74 Å². The molecular weight excluding hydrogens is 244 g/mol. The number of hydrogen-bond acceptors (Lipinski definition) is 3. The second-order valence-electron chi connectivity index (χ2n) is 5.41. The van der Waals surface area contributed by atoms with E-state index < -0.39 is 6.10 Å². The van der Waals surface area contributed by atoms with Gasteiger partial charge in [0.2, 0.25) is 5.91 Å². The third-order valence-electron chi connectivity index (χ3n) is 2.35. The van der Waals surface area contributed by atoms with Crippen LogP contribution in [0.15, 0.2) is 12.7 Å². The molecule has 0 fully saturated rings. The van der Waals surface area contributed by atoms with E-state index in [1.54, 1.807) is 13.0 Å². The maximum absolute atomic E-state index is 12.1. The molecule has 2 amide bonds. The molecule has 0 heterocycles. The van der Waals surface area contributed by atoms with Crippen LogP contribution in [-0.2, 0) is 14.3 Å². The SMILES string of the molecule is C=CCO[C@@H](C)C(=O)N(CC)CC(=O)NC(C)(C)C. The fourth-order valence-corrected chi connectivity index (χ4v) is 1.52. The first-order valence-electron chi connectivity index (χ1n) is 6.53. The number of ether oxygens (including phenoxy) is 1. The summed E-state index contributed by atoms with van der Waals surface area (Å²) in [7, 11) is 0. The molecule has 5 heteroatoms. The van der Waals surface area contributed by atoms with Crippen LogP contribution in [-0.4, -0.2) is 48.1 Å². The lowest BCUT2D eigenvalue weighted by atomic mass is 10.1. The molecule has 5 nitrogen and oxygen atoms in total. The number of hydrogen-bond donors (Lipinski definition) is 1. The van der Waals surface area contributed by atoms with Crippen molar-refractivity contribution in [1.29, 1.82) is 0 Å². The van der Waals surface area contributed by atoms with Gasteiger partial charge in [0.05, 0.1) is 13.2 Å². The van der Waals surface area contributed by atoms with E-state index in [1.807, 2.05) is 27.7 Å². The van der Waals surface area contributed by atoms with Crippen LogP contribution < -0.4 is 5.32 Å². The summed E-state index contributed by atoms with van der Waals surface area (Å²) in [4.78, 5) is 25.4. The van der Waals surface area contributed by atoms with Gasteiger partial charge in [-0.2, -0.15) is 0 Å². The summed E-state index contributed by atoms with van der Waals surface area (Å²) in [5, 5.41) is 2.83. The predicted octanol–water partition coefficient (Wildman–Crippen LogP) is 1.34. The van der Waals surface area contributed by atoms with Crippen molar-refractivity contribution in [2.75, 3.05) is 19.7 Å². The van der Waals surface area contributed by atoms with Crippen LogP contribution in [0.2, 0.25) is 0 Å². The molecule has 19 heavy (non-hydrogen) atoms. The number of nitrogens with zero attached hydrogens (tertiary/aromatic N) is 1. The average molecular weight is 270 g/mol. The Bertz CT molecular complexity index is 321. The maximum atomic E-state index is 12.1. The van der Waals surface area contributed by atoms with Crippen molar-refractivity contribution in [3.05, 3.63) is 12.7 Å². The number of nitrogens with one attached hydrogen (secondary N) is 1. The van der Waals surface area contributed by atoms with Gasteiger partial charge in [-0.15, -0.1) is 6.58 Å². The zero-order chi connectivity index (χ0) is 15.1. The summed E-state index contributed by atoms with van der Waals surface area (Å²) in [6.45, 7) is 13.6. The molecule has 0 saturated carbocycles. The van der Waals surface area contributed by atoms with Crippen LogP contribution in [0.1, 0.15) is 34.6 Å². The van der Waals surface area contributed by atoms with Crippen LogP contribution in [0.25, 0.3) is 0 Å². The van der Waals surface area contributed by atoms with Crippen molar-refractivity contribution in [2.45, 2.75) is 46.3 Å². The van der Waals surface area contributed by atoms with Gasteiger partial charge in [0, 0.05) is 12.1 Å². The molecular formula is C14H26N2O3. The summed E-state index contributed by atoms with van der Waals surface area (Å²) in [5.41, 5.74) is -0.301. The summed E-state index contributed by atoms with van der Waals surface area (Å²) in [5.74, 6) is -0.355. The molecule has 0 saturated heterocycles. The van der Waals surface area contributed by atoms with Gasteiger partial charge in [-0.25, -0.2) is 0 Å². The van der Waals surface area contributed by atoms with Gasteiger partial charge in [-0.1, -0.05) is 6.08 Å². The number of amides is 2. The van der Waals surface area contributed by atoms with Crippen molar-refractivity contribution in [2.24, 2.45) is 0 Å². The average Bonchev–Trinajstić information content (AvgIpc) is 2.29. The van der Waals surface area contributed by atoms with Gasteiger partial charge < -0.3 is 15.0 Å². The Kier molecular flexibility index (Phi) is 7.37. The fourth-order valence-electron chi connectivity index (χ4n) is 1.52. The third kappa shape index (κ3) is 7.62. The van der Waals surface area contributed by atoms with E-state index in [9.17, 15) is 9.59 Å². The Labute approximate surface area is 116 Å². The van der Waals surface area contributed by atoms with E-state index in [2.05, 4.69) is 11.9 Å². The van der Waals surface area contributed by atoms with Gasteiger partial charge in [0.1, 0.15) is 6.10 Å². The lowest BCUT2D eigenvalue weighted by molar-refractivity contribution is -0.144. The standard InChI is InChI=1S/C14H26N2O3/c1-7-9-19-11(3)13(18)16(8-2)10-12(17)15-14(4,5)6/h7,11H,1,8-10H2,2-6H3,(H,15,17)/t11-/m0/s1. The summed E-state index contributed by atoms with van der Waals surface area (Å²) >= 11 is 0. The molecule has 0 rings (SSSR count). The van der Waals surface area contributed by atoms with Crippen molar-refractivity contribution < 1.29 is 14.3 Å². The van der Waals surface area contributed by atoms with E-state index in [0.29, 0.717) is 13.2 Å². The van der Waals surface area contributed by atoms with Crippen molar-refractivity contribution >= 4 is 11.8 Å².